The molecule has 0 bridgehead atoms. The molecule has 1 atom stereocenters. The maximum absolute atomic E-state index is 13.0. The first-order chi connectivity index (χ1) is 10.1. The Balaban J connectivity index is 1.81. The van der Waals surface area contributed by atoms with Gasteiger partial charge in [0.05, 0.1) is 5.92 Å². The molecule has 1 unspecified atom stereocenters. The highest BCUT2D eigenvalue weighted by Gasteiger charge is 2.52. The summed E-state index contributed by atoms with van der Waals surface area (Å²) in [6.45, 7) is 0. The van der Waals surface area contributed by atoms with Crippen LogP contribution in [0.1, 0.15) is 77.0 Å². The lowest BCUT2D eigenvalue weighted by atomic mass is 9.72. The number of Topliss-reactive ketones (excluding diaryl/α,β-unsaturated/α-hetero) is 1. The topological polar surface area (TPSA) is 57.5 Å². The van der Waals surface area contributed by atoms with E-state index in [2.05, 4.69) is 0 Å². The van der Waals surface area contributed by atoms with E-state index in [1.165, 1.54) is 0 Å². The maximum Gasteiger partial charge on any atom is 0.175 e. The normalized spacial score (nSPS) is 27.5. The molecule has 0 amide bonds. The number of ketones is 1. The molecule has 3 heteroatoms. The van der Waals surface area contributed by atoms with Crippen LogP contribution >= 0.6 is 0 Å². The van der Waals surface area contributed by atoms with Crippen LogP contribution < -0.4 is 0 Å². The van der Waals surface area contributed by atoms with Crippen LogP contribution in [0, 0.1) is 23.7 Å². The third kappa shape index (κ3) is 3.05. The van der Waals surface area contributed by atoms with Crippen molar-refractivity contribution in [2.45, 2.75) is 82.8 Å². The highest BCUT2D eigenvalue weighted by Crippen LogP contribution is 2.47. The molecule has 0 aromatic heterocycles. The van der Waals surface area contributed by atoms with Gasteiger partial charge in [0.1, 0.15) is 5.78 Å². The predicted octanol–water partition coefficient (Wildman–Crippen LogP) is 3.38. The molecule has 0 heterocycles. The van der Waals surface area contributed by atoms with E-state index in [9.17, 15) is 15.0 Å². The third-order valence-electron chi connectivity index (χ3n) is 6.08. The van der Waals surface area contributed by atoms with Crippen LogP contribution in [0.3, 0.4) is 0 Å². The molecule has 21 heavy (non-hydrogen) atoms. The summed E-state index contributed by atoms with van der Waals surface area (Å²) >= 11 is 0. The smallest absolute Gasteiger partial charge is 0.175 e. The largest absolute Gasteiger partial charge is 0.365 e. The third-order valence-corrected chi connectivity index (χ3v) is 6.08. The molecule has 1 radical (unpaired) electrons. The van der Waals surface area contributed by atoms with E-state index >= 15 is 0 Å². The van der Waals surface area contributed by atoms with Crippen LogP contribution in [0.2, 0.25) is 0 Å². The Morgan fingerprint density at radius 3 is 2.00 bits per heavy atom. The van der Waals surface area contributed by atoms with E-state index in [1.54, 1.807) is 0 Å². The van der Waals surface area contributed by atoms with Crippen LogP contribution in [-0.4, -0.2) is 21.8 Å². The Labute approximate surface area is 128 Å². The minimum atomic E-state index is -1.80. The number of rotatable bonds is 5. The zero-order chi connectivity index (χ0) is 14.9. The lowest BCUT2D eigenvalue weighted by molar-refractivity contribution is -0.230. The van der Waals surface area contributed by atoms with Crippen molar-refractivity contribution in [3.63, 3.8) is 0 Å². The summed E-state index contributed by atoms with van der Waals surface area (Å²) in [6, 6.07) is 0. The molecule has 0 aliphatic heterocycles. The average Bonchev–Trinajstić information content (AvgIpc) is 3.21. The van der Waals surface area contributed by atoms with Crippen molar-refractivity contribution in [1.82, 2.24) is 0 Å². The fourth-order valence-electron chi connectivity index (χ4n) is 4.86. The van der Waals surface area contributed by atoms with E-state index < -0.39 is 11.7 Å². The summed E-state index contributed by atoms with van der Waals surface area (Å²) in [6.07, 6.45) is 12.0. The zero-order valence-corrected chi connectivity index (χ0v) is 13.0. The number of carbonyl (C=O) groups is 1. The summed E-state index contributed by atoms with van der Waals surface area (Å²) < 4.78 is 0. The second-order valence-corrected chi connectivity index (χ2v) is 7.45. The van der Waals surface area contributed by atoms with E-state index in [0.29, 0.717) is 0 Å². The van der Waals surface area contributed by atoms with Crippen LogP contribution in [0.15, 0.2) is 0 Å². The van der Waals surface area contributed by atoms with Gasteiger partial charge in [-0.25, -0.2) is 0 Å². The Morgan fingerprint density at radius 1 is 0.905 bits per heavy atom. The molecule has 119 valence electrons. The van der Waals surface area contributed by atoms with Crippen molar-refractivity contribution >= 4 is 5.78 Å². The van der Waals surface area contributed by atoms with Crippen molar-refractivity contribution in [2.75, 3.05) is 0 Å². The molecular formula is C18H29O3. The molecule has 3 rings (SSSR count). The molecule has 2 N–H and O–H groups in total. The Morgan fingerprint density at radius 2 is 1.43 bits per heavy atom. The molecule has 3 saturated carbocycles. The molecule has 0 saturated heterocycles. The Bertz CT molecular complexity index is 359. The van der Waals surface area contributed by atoms with Crippen LogP contribution in [0.5, 0.6) is 0 Å². The van der Waals surface area contributed by atoms with Gasteiger partial charge in [-0.1, -0.05) is 38.5 Å². The molecular weight excluding hydrogens is 264 g/mol. The molecule has 3 nitrogen and oxygen atoms in total. The van der Waals surface area contributed by atoms with E-state index in [1.807, 2.05) is 0 Å². The number of hydrogen-bond donors (Lipinski definition) is 2. The number of hydrogen-bond acceptors (Lipinski definition) is 3. The molecule has 0 aromatic carbocycles. The molecule has 3 aliphatic rings. The summed E-state index contributed by atoms with van der Waals surface area (Å²) in [5.74, 6) is -1.17. The molecule has 0 spiro atoms. The van der Waals surface area contributed by atoms with Gasteiger partial charge in [0.25, 0.3) is 0 Å². The summed E-state index contributed by atoms with van der Waals surface area (Å²) in [5.41, 5.74) is 0. The lowest BCUT2D eigenvalue weighted by Gasteiger charge is -2.39. The van der Waals surface area contributed by atoms with Gasteiger partial charge in [-0.15, -0.1) is 0 Å². The molecule has 3 fully saturated rings. The van der Waals surface area contributed by atoms with Gasteiger partial charge < -0.3 is 10.2 Å². The van der Waals surface area contributed by atoms with Crippen molar-refractivity contribution in [3.05, 3.63) is 5.92 Å². The molecule has 3 aliphatic carbocycles. The van der Waals surface area contributed by atoms with Crippen molar-refractivity contribution in [2.24, 2.45) is 17.8 Å². The van der Waals surface area contributed by atoms with Gasteiger partial charge in [0.2, 0.25) is 0 Å². The summed E-state index contributed by atoms with van der Waals surface area (Å²) in [4.78, 5) is 13.0. The van der Waals surface area contributed by atoms with Gasteiger partial charge in [-0.05, 0) is 44.4 Å². The van der Waals surface area contributed by atoms with Gasteiger partial charge >= 0.3 is 0 Å². The fraction of sp³-hybridized carbons (Fsp3) is 0.889. The van der Waals surface area contributed by atoms with Crippen LogP contribution in [-0.2, 0) is 4.79 Å². The average molecular weight is 293 g/mol. The first kappa shape index (κ1) is 15.5. The highest BCUT2D eigenvalue weighted by molar-refractivity contribution is 5.86. The summed E-state index contributed by atoms with van der Waals surface area (Å²) in [7, 11) is 0. The number of carbonyl (C=O) groups excluding carboxylic acids is 1. The minimum Gasteiger partial charge on any atom is -0.365 e. The minimum absolute atomic E-state index is 0.0724. The second-order valence-electron chi connectivity index (χ2n) is 7.45. The number of aliphatic hydroxyl groups is 2. The standard InChI is InChI=1S/C18H29O3/c19-17(14-9-3-4-10-14)16(13-7-1-2-8-13)18(20,21)15-11-5-6-12-15/h14-16,20-21H,1-12H2. The predicted molar refractivity (Wildman–Crippen MR) is 81.3 cm³/mol. The van der Waals surface area contributed by atoms with Crippen molar-refractivity contribution in [3.8, 4) is 0 Å². The highest BCUT2D eigenvalue weighted by atomic mass is 16.5. The van der Waals surface area contributed by atoms with Gasteiger partial charge in [0.15, 0.2) is 5.79 Å². The van der Waals surface area contributed by atoms with Gasteiger partial charge in [-0.2, -0.15) is 0 Å². The van der Waals surface area contributed by atoms with Crippen molar-refractivity contribution < 1.29 is 15.0 Å². The quantitative estimate of drug-likeness (QED) is 0.764. The summed E-state index contributed by atoms with van der Waals surface area (Å²) in [5, 5.41) is 21.8. The van der Waals surface area contributed by atoms with E-state index in [4.69, 9.17) is 0 Å². The first-order valence-corrected chi connectivity index (χ1v) is 8.93. The monoisotopic (exact) mass is 293 g/mol. The molecule has 0 aromatic rings. The second kappa shape index (κ2) is 6.37. The zero-order valence-electron chi connectivity index (χ0n) is 13.0. The van der Waals surface area contributed by atoms with E-state index in [-0.39, 0.29) is 17.6 Å². The lowest BCUT2D eigenvalue weighted by Crippen LogP contribution is -2.51. The Kier molecular flexibility index (Phi) is 4.70. The maximum atomic E-state index is 13.0. The SMILES string of the molecule is O=C(C1CCCC1)C([C]1CCCC1)C(O)(O)C1CCCC1. The fourth-order valence-corrected chi connectivity index (χ4v) is 4.86. The van der Waals surface area contributed by atoms with E-state index in [0.717, 1.165) is 83.0 Å². The van der Waals surface area contributed by atoms with Crippen LogP contribution in [0.4, 0.5) is 0 Å². The Hall–Kier alpha value is -0.410. The van der Waals surface area contributed by atoms with Gasteiger partial charge in [0, 0.05) is 11.8 Å². The van der Waals surface area contributed by atoms with Crippen LogP contribution in [0.25, 0.3) is 0 Å². The first-order valence-electron chi connectivity index (χ1n) is 8.93. The van der Waals surface area contributed by atoms with Crippen molar-refractivity contribution in [1.29, 1.82) is 0 Å². The van der Waals surface area contributed by atoms with Gasteiger partial charge in [-0.3, -0.25) is 4.79 Å².